The Kier molecular flexibility index (Phi) is 8.02. The van der Waals surface area contributed by atoms with Gasteiger partial charge in [0.25, 0.3) is 0 Å². The molecular weight excluding hydrogens is 190 g/mol. The zero-order valence-corrected chi connectivity index (χ0v) is 10.5. The summed E-state index contributed by atoms with van der Waals surface area (Å²) in [5.41, 5.74) is 5.37. The summed E-state index contributed by atoms with van der Waals surface area (Å²) in [4.78, 5) is 0. The first kappa shape index (κ1) is 14.9. The Morgan fingerprint density at radius 2 is 2.07 bits per heavy atom. The molecule has 15 heavy (non-hydrogen) atoms. The van der Waals surface area contributed by atoms with Crippen LogP contribution in [0.15, 0.2) is 0 Å². The topological polar surface area (TPSA) is 55.5 Å². The summed E-state index contributed by atoms with van der Waals surface area (Å²) >= 11 is 0. The van der Waals surface area contributed by atoms with Crippen molar-refractivity contribution in [3.63, 3.8) is 0 Å². The summed E-state index contributed by atoms with van der Waals surface area (Å²) in [5, 5.41) is 9.39. The van der Waals surface area contributed by atoms with Gasteiger partial charge in [0.15, 0.2) is 0 Å². The molecule has 3 N–H and O–H groups in total. The second kappa shape index (κ2) is 8.08. The highest BCUT2D eigenvalue weighted by atomic mass is 16.5. The first-order chi connectivity index (χ1) is 7.08. The summed E-state index contributed by atoms with van der Waals surface area (Å²) in [5.74, 6) is 0. The first-order valence-corrected chi connectivity index (χ1v) is 6.00. The smallest absolute Gasteiger partial charge is 0.0943 e. The van der Waals surface area contributed by atoms with Crippen LogP contribution in [0.4, 0.5) is 0 Å². The van der Waals surface area contributed by atoms with Gasteiger partial charge < -0.3 is 15.6 Å². The summed E-state index contributed by atoms with van der Waals surface area (Å²) in [6, 6.07) is 0. The van der Waals surface area contributed by atoms with Crippen molar-refractivity contribution in [1.29, 1.82) is 0 Å². The molecule has 0 aromatic carbocycles. The molecule has 2 unspecified atom stereocenters. The van der Waals surface area contributed by atoms with Gasteiger partial charge in [-0.05, 0) is 31.6 Å². The highest BCUT2D eigenvalue weighted by molar-refractivity contribution is 4.74. The van der Waals surface area contributed by atoms with E-state index in [-0.39, 0.29) is 24.9 Å². The van der Waals surface area contributed by atoms with E-state index in [9.17, 15) is 5.11 Å². The minimum Gasteiger partial charge on any atom is -0.396 e. The molecule has 0 aromatic rings. The lowest BCUT2D eigenvalue weighted by Gasteiger charge is -2.28. The van der Waals surface area contributed by atoms with Crippen molar-refractivity contribution in [1.82, 2.24) is 0 Å². The fourth-order valence-electron chi connectivity index (χ4n) is 1.69. The van der Waals surface area contributed by atoms with E-state index in [1.165, 1.54) is 12.8 Å². The number of nitrogens with two attached hydrogens (primary N) is 1. The van der Waals surface area contributed by atoms with Crippen molar-refractivity contribution in [2.45, 2.75) is 59.0 Å². The maximum absolute atomic E-state index is 9.39. The van der Waals surface area contributed by atoms with Crippen molar-refractivity contribution in [2.75, 3.05) is 13.3 Å². The summed E-state index contributed by atoms with van der Waals surface area (Å²) in [6.07, 6.45) is 5.63. The van der Waals surface area contributed by atoms with E-state index in [1.54, 1.807) is 0 Å². The van der Waals surface area contributed by atoms with Crippen LogP contribution in [-0.4, -0.2) is 24.5 Å². The Bertz CT molecular complexity index is 153. The first-order valence-electron chi connectivity index (χ1n) is 6.00. The van der Waals surface area contributed by atoms with Gasteiger partial charge in [-0.3, -0.25) is 0 Å². The Labute approximate surface area is 94.0 Å². The van der Waals surface area contributed by atoms with E-state index in [1.807, 2.05) is 6.92 Å². The minimum absolute atomic E-state index is 0.0578. The lowest BCUT2D eigenvalue weighted by atomic mass is 9.81. The summed E-state index contributed by atoms with van der Waals surface area (Å²) in [7, 11) is 0. The van der Waals surface area contributed by atoms with Crippen LogP contribution in [0.3, 0.4) is 0 Å². The van der Waals surface area contributed by atoms with Crippen molar-refractivity contribution in [3.8, 4) is 0 Å². The molecule has 2 atom stereocenters. The number of rotatable bonds is 9. The van der Waals surface area contributed by atoms with Gasteiger partial charge in [-0.2, -0.15) is 0 Å². The summed E-state index contributed by atoms with van der Waals surface area (Å²) in [6.45, 7) is 6.91. The zero-order chi connectivity index (χ0) is 11.7. The van der Waals surface area contributed by atoms with Crippen LogP contribution in [0.2, 0.25) is 0 Å². The molecule has 0 bridgehead atoms. The second-order valence-corrected chi connectivity index (χ2v) is 4.75. The molecule has 0 aromatic heterocycles. The lowest BCUT2D eigenvalue weighted by Crippen LogP contribution is -2.24. The molecule has 0 heterocycles. The molecule has 0 fully saturated rings. The van der Waals surface area contributed by atoms with Gasteiger partial charge in [-0.1, -0.05) is 26.7 Å². The minimum atomic E-state index is 0.0578. The average Bonchev–Trinajstić information content (AvgIpc) is 2.24. The molecule has 0 radical (unpaired) electrons. The van der Waals surface area contributed by atoms with Crippen LogP contribution in [-0.2, 0) is 4.74 Å². The Morgan fingerprint density at radius 1 is 1.40 bits per heavy atom. The standard InChI is InChI=1S/C12H27NO2/c1-4-5-7-12(3,9-14)8-6-11(2)15-10-13/h11,14H,4-10,13H2,1-3H3. The van der Waals surface area contributed by atoms with Gasteiger partial charge in [0.1, 0.15) is 0 Å². The van der Waals surface area contributed by atoms with Crippen LogP contribution in [0, 0.1) is 5.41 Å². The fraction of sp³-hybridized carbons (Fsp3) is 1.00. The average molecular weight is 217 g/mol. The van der Waals surface area contributed by atoms with Crippen molar-refractivity contribution in [3.05, 3.63) is 0 Å². The molecule has 92 valence electrons. The van der Waals surface area contributed by atoms with Crippen LogP contribution >= 0.6 is 0 Å². The third-order valence-corrected chi connectivity index (χ3v) is 3.05. The normalized spacial score (nSPS) is 17.4. The van der Waals surface area contributed by atoms with Crippen LogP contribution < -0.4 is 5.73 Å². The Balaban J connectivity index is 3.85. The third-order valence-electron chi connectivity index (χ3n) is 3.05. The molecule has 0 aliphatic rings. The molecule has 0 saturated carbocycles. The zero-order valence-electron chi connectivity index (χ0n) is 10.5. The molecule has 3 heteroatoms. The third kappa shape index (κ3) is 6.88. The maximum Gasteiger partial charge on any atom is 0.0943 e. The summed E-state index contributed by atoms with van der Waals surface area (Å²) < 4.78 is 5.28. The molecule has 0 saturated heterocycles. The number of hydrogen-bond donors (Lipinski definition) is 2. The van der Waals surface area contributed by atoms with Crippen molar-refractivity contribution >= 4 is 0 Å². The van der Waals surface area contributed by atoms with Crippen LogP contribution in [0.1, 0.15) is 52.9 Å². The van der Waals surface area contributed by atoms with Crippen molar-refractivity contribution in [2.24, 2.45) is 11.1 Å². The molecule has 0 spiro atoms. The number of hydrogen-bond acceptors (Lipinski definition) is 3. The Morgan fingerprint density at radius 3 is 2.53 bits per heavy atom. The van der Waals surface area contributed by atoms with Crippen molar-refractivity contribution < 1.29 is 9.84 Å². The number of ether oxygens (including phenoxy) is 1. The number of aliphatic hydroxyl groups excluding tert-OH is 1. The molecular formula is C12H27NO2. The largest absolute Gasteiger partial charge is 0.396 e. The van der Waals surface area contributed by atoms with E-state index in [0.29, 0.717) is 0 Å². The highest BCUT2D eigenvalue weighted by Crippen LogP contribution is 2.30. The van der Waals surface area contributed by atoms with E-state index in [4.69, 9.17) is 10.5 Å². The number of aliphatic hydroxyl groups is 1. The maximum atomic E-state index is 9.39. The lowest BCUT2D eigenvalue weighted by molar-refractivity contribution is 0.0423. The molecule has 0 aliphatic heterocycles. The van der Waals surface area contributed by atoms with E-state index in [0.717, 1.165) is 19.3 Å². The molecule has 3 nitrogen and oxygen atoms in total. The monoisotopic (exact) mass is 217 g/mol. The quantitative estimate of drug-likeness (QED) is 0.583. The second-order valence-electron chi connectivity index (χ2n) is 4.75. The van der Waals surface area contributed by atoms with Crippen LogP contribution in [0.5, 0.6) is 0 Å². The van der Waals surface area contributed by atoms with Gasteiger partial charge in [0.05, 0.1) is 12.8 Å². The molecule has 0 rings (SSSR count). The Hall–Kier alpha value is -0.120. The highest BCUT2D eigenvalue weighted by Gasteiger charge is 2.23. The fourth-order valence-corrected chi connectivity index (χ4v) is 1.69. The molecule has 0 amide bonds. The van der Waals surface area contributed by atoms with Crippen LogP contribution in [0.25, 0.3) is 0 Å². The number of unbranched alkanes of at least 4 members (excludes halogenated alkanes) is 1. The predicted molar refractivity (Wildman–Crippen MR) is 63.6 cm³/mol. The van der Waals surface area contributed by atoms with Gasteiger partial charge >= 0.3 is 0 Å². The van der Waals surface area contributed by atoms with E-state index in [2.05, 4.69) is 13.8 Å². The molecule has 0 aliphatic carbocycles. The van der Waals surface area contributed by atoms with Gasteiger partial charge in [0.2, 0.25) is 0 Å². The van der Waals surface area contributed by atoms with E-state index >= 15 is 0 Å². The van der Waals surface area contributed by atoms with E-state index < -0.39 is 0 Å². The predicted octanol–water partition coefficient (Wildman–Crippen LogP) is 2.28. The van der Waals surface area contributed by atoms with Gasteiger partial charge in [-0.25, -0.2) is 0 Å². The van der Waals surface area contributed by atoms with Gasteiger partial charge in [-0.15, -0.1) is 0 Å². The van der Waals surface area contributed by atoms with Gasteiger partial charge in [0, 0.05) is 6.61 Å². The SMILES string of the molecule is CCCCC(C)(CO)CCC(C)OCN.